The largest absolute Gasteiger partial charge is 0.385 e. The number of rotatable bonds is 7. The summed E-state index contributed by atoms with van der Waals surface area (Å²) < 4.78 is 4.96. The number of aryl methyl sites for hydroxylation is 1. The third kappa shape index (κ3) is 3.67. The van der Waals surface area contributed by atoms with Crippen LogP contribution in [0.25, 0.3) is 0 Å². The molecule has 1 aliphatic rings. The zero-order valence-corrected chi connectivity index (χ0v) is 16.4. The van der Waals surface area contributed by atoms with Gasteiger partial charge in [0.1, 0.15) is 11.1 Å². The van der Waals surface area contributed by atoms with E-state index in [1.54, 1.807) is 13.2 Å². The maximum absolute atomic E-state index is 12.6. The maximum Gasteiger partial charge on any atom is 0.261 e. The Balaban J connectivity index is 1.81. The second-order valence-electron chi connectivity index (χ2n) is 6.24. The summed E-state index contributed by atoms with van der Waals surface area (Å²) in [6.45, 7) is 2.69. The third-order valence-electron chi connectivity index (χ3n) is 4.44. The molecule has 0 aliphatic carbocycles. The van der Waals surface area contributed by atoms with Crippen LogP contribution in [0.15, 0.2) is 24.3 Å². The maximum atomic E-state index is 12.6. The van der Waals surface area contributed by atoms with E-state index in [0.29, 0.717) is 29.2 Å². The molecule has 0 atom stereocenters. The Hall–Kier alpha value is -3.02. The molecule has 0 bridgehead atoms. The lowest BCUT2D eigenvalue weighted by Gasteiger charge is -2.12. The minimum Gasteiger partial charge on any atom is -0.385 e. The minimum atomic E-state index is -0.429. The molecule has 3 rings (SSSR count). The molecule has 1 N–H and O–H groups in total. The van der Waals surface area contributed by atoms with Gasteiger partial charge in [-0.3, -0.25) is 19.3 Å². The fourth-order valence-corrected chi connectivity index (χ4v) is 3.91. The molecule has 144 valence electrons. The Labute approximate surface area is 166 Å². The van der Waals surface area contributed by atoms with E-state index < -0.39 is 11.8 Å². The first kappa shape index (κ1) is 19.7. The number of nitrogens with zero attached hydrogens (tertiary/aromatic N) is 2. The van der Waals surface area contributed by atoms with Gasteiger partial charge in [0.25, 0.3) is 17.7 Å². The molecule has 2 heterocycles. The molecule has 1 aromatic heterocycles. The van der Waals surface area contributed by atoms with Crippen molar-refractivity contribution >= 4 is 34.1 Å². The highest BCUT2D eigenvalue weighted by Gasteiger charge is 2.35. The number of nitriles is 1. The van der Waals surface area contributed by atoms with Crippen molar-refractivity contribution in [1.82, 2.24) is 4.90 Å². The average molecular weight is 397 g/mol. The van der Waals surface area contributed by atoms with Crippen LogP contribution in [0.1, 0.15) is 54.9 Å². The molecule has 0 spiro atoms. The van der Waals surface area contributed by atoms with E-state index in [1.807, 2.05) is 6.92 Å². The lowest BCUT2D eigenvalue weighted by atomic mass is 10.1. The molecule has 0 fully saturated rings. The van der Waals surface area contributed by atoms with E-state index in [2.05, 4.69) is 11.4 Å². The summed E-state index contributed by atoms with van der Waals surface area (Å²) >= 11 is 1.35. The number of amides is 3. The number of benzene rings is 1. The SMILES string of the molecule is CCc1cc(C#N)c(NC(=O)c2ccc3c(c2)C(=O)N(CCCOC)C3=O)s1. The van der Waals surface area contributed by atoms with Gasteiger partial charge in [-0.2, -0.15) is 5.26 Å². The lowest BCUT2D eigenvalue weighted by Crippen LogP contribution is -2.31. The molecule has 2 aromatic rings. The molecular formula is C20H19N3O4S. The van der Waals surface area contributed by atoms with E-state index in [-0.39, 0.29) is 23.6 Å². The van der Waals surface area contributed by atoms with Crippen molar-refractivity contribution in [3.63, 3.8) is 0 Å². The smallest absolute Gasteiger partial charge is 0.261 e. The Morgan fingerprint density at radius 3 is 2.68 bits per heavy atom. The number of methoxy groups -OCH3 is 1. The highest BCUT2D eigenvalue weighted by molar-refractivity contribution is 7.16. The van der Waals surface area contributed by atoms with E-state index >= 15 is 0 Å². The van der Waals surface area contributed by atoms with Crippen LogP contribution < -0.4 is 5.32 Å². The van der Waals surface area contributed by atoms with Crippen LogP contribution in [0.3, 0.4) is 0 Å². The molecule has 0 unspecified atom stereocenters. The van der Waals surface area contributed by atoms with Crippen molar-refractivity contribution in [2.24, 2.45) is 0 Å². The van der Waals surface area contributed by atoms with Crippen molar-refractivity contribution < 1.29 is 19.1 Å². The Morgan fingerprint density at radius 1 is 1.25 bits per heavy atom. The number of hydrogen-bond acceptors (Lipinski definition) is 6. The Bertz CT molecular complexity index is 990. The van der Waals surface area contributed by atoms with Crippen molar-refractivity contribution in [3.05, 3.63) is 51.4 Å². The van der Waals surface area contributed by atoms with E-state index in [0.717, 1.165) is 11.3 Å². The van der Waals surface area contributed by atoms with Crippen molar-refractivity contribution in [2.75, 3.05) is 25.6 Å². The topological polar surface area (TPSA) is 99.5 Å². The van der Waals surface area contributed by atoms with E-state index in [9.17, 15) is 19.6 Å². The summed E-state index contributed by atoms with van der Waals surface area (Å²) in [6.07, 6.45) is 1.31. The summed E-state index contributed by atoms with van der Waals surface area (Å²) in [7, 11) is 1.56. The number of carbonyl (C=O) groups excluding carboxylic acids is 3. The van der Waals surface area contributed by atoms with Gasteiger partial charge in [-0.1, -0.05) is 6.92 Å². The van der Waals surface area contributed by atoms with Gasteiger partial charge in [-0.15, -0.1) is 11.3 Å². The van der Waals surface area contributed by atoms with Gasteiger partial charge >= 0.3 is 0 Å². The highest BCUT2D eigenvalue weighted by Crippen LogP contribution is 2.29. The van der Waals surface area contributed by atoms with Gasteiger partial charge in [0.05, 0.1) is 16.7 Å². The van der Waals surface area contributed by atoms with E-state index in [1.165, 1.54) is 34.4 Å². The zero-order valence-electron chi connectivity index (χ0n) is 15.6. The average Bonchev–Trinajstić information content (AvgIpc) is 3.21. The molecule has 0 saturated heterocycles. The summed E-state index contributed by atoms with van der Waals surface area (Å²) in [6, 6.07) is 8.27. The summed E-state index contributed by atoms with van der Waals surface area (Å²) in [5, 5.41) is 12.4. The highest BCUT2D eigenvalue weighted by atomic mass is 32.1. The van der Waals surface area contributed by atoms with Gasteiger partial charge in [-0.05, 0) is 37.1 Å². The normalized spacial score (nSPS) is 12.8. The predicted octanol–water partition coefficient (Wildman–Crippen LogP) is 3.07. The Morgan fingerprint density at radius 2 is 2.00 bits per heavy atom. The number of imide groups is 1. The number of anilines is 1. The monoisotopic (exact) mass is 397 g/mol. The van der Waals surface area contributed by atoms with Crippen LogP contribution in [-0.4, -0.2) is 42.9 Å². The number of nitrogens with one attached hydrogen (secondary N) is 1. The molecule has 0 saturated carbocycles. The number of ether oxygens (including phenoxy) is 1. The van der Waals surface area contributed by atoms with Crippen LogP contribution in [0.2, 0.25) is 0 Å². The lowest BCUT2D eigenvalue weighted by molar-refractivity contribution is 0.0638. The van der Waals surface area contributed by atoms with Crippen LogP contribution >= 0.6 is 11.3 Å². The fraction of sp³-hybridized carbons (Fsp3) is 0.300. The first-order chi connectivity index (χ1) is 13.5. The minimum absolute atomic E-state index is 0.219. The second kappa shape index (κ2) is 8.33. The molecule has 8 heteroatoms. The Kier molecular flexibility index (Phi) is 5.87. The molecule has 7 nitrogen and oxygen atoms in total. The second-order valence-corrected chi connectivity index (χ2v) is 7.38. The van der Waals surface area contributed by atoms with Crippen LogP contribution in [0, 0.1) is 11.3 Å². The third-order valence-corrected chi connectivity index (χ3v) is 5.64. The van der Waals surface area contributed by atoms with E-state index in [4.69, 9.17) is 4.74 Å². The van der Waals surface area contributed by atoms with Crippen LogP contribution in [-0.2, 0) is 11.2 Å². The number of fused-ring (bicyclic) bond motifs is 1. The van der Waals surface area contributed by atoms with Gasteiger partial charge in [-0.25, -0.2) is 0 Å². The molecule has 3 amide bonds. The van der Waals surface area contributed by atoms with Gasteiger partial charge in [0.15, 0.2) is 0 Å². The summed E-state index contributed by atoms with van der Waals surface area (Å²) in [5.74, 6) is -1.20. The quantitative estimate of drug-likeness (QED) is 0.572. The van der Waals surface area contributed by atoms with Crippen LogP contribution in [0.5, 0.6) is 0 Å². The summed E-state index contributed by atoms with van der Waals surface area (Å²) in [5.41, 5.74) is 1.18. The fourth-order valence-electron chi connectivity index (χ4n) is 2.97. The van der Waals surface area contributed by atoms with Crippen LogP contribution in [0.4, 0.5) is 5.00 Å². The van der Waals surface area contributed by atoms with Crippen molar-refractivity contribution in [3.8, 4) is 6.07 Å². The number of hydrogen-bond donors (Lipinski definition) is 1. The molecule has 1 aliphatic heterocycles. The number of carbonyl (C=O) groups is 3. The van der Waals surface area contributed by atoms with Crippen molar-refractivity contribution in [2.45, 2.75) is 19.8 Å². The van der Waals surface area contributed by atoms with Gasteiger partial charge in [0, 0.05) is 30.7 Å². The predicted molar refractivity (Wildman–Crippen MR) is 105 cm³/mol. The first-order valence-electron chi connectivity index (χ1n) is 8.83. The number of thiophene rings is 1. The van der Waals surface area contributed by atoms with Gasteiger partial charge in [0.2, 0.25) is 0 Å². The molecule has 28 heavy (non-hydrogen) atoms. The standard InChI is InChI=1S/C20H19N3O4S/c1-3-14-9-13(11-21)18(28-14)22-17(24)12-5-6-15-16(10-12)20(26)23(19(15)25)7-4-8-27-2/h5-6,9-10H,3-4,7-8H2,1-2H3,(H,22,24). The zero-order chi connectivity index (χ0) is 20.3. The molecular weight excluding hydrogens is 378 g/mol. The molecule has 1 aromatic carbocycles. The first-order valence-corrected chi connectivity index (χ1v) is 9.65. The summed E-state index contributed by atoms with van der Waals surface area (Å²) in [4.78, 5) is 39.8. The van der Waals surface area contributed by atoms with Gasteiger partial charge < -0.3 is 10.1 Å². The molecule has 0 radical (unpaired) electrons. The van der Waals surface area contributed by atoms with Crippen molar-refractivity contribution in [1.29, 1.82) is 5.26 Å².